The fourth-order valence-corrected chi connectivity index (χ4v) is 2.39. The van der Waals surface area contributed by atoms with Crippen molar-refractivity contribution < 1.29 is 24.2 Å². The van der Waals surface area contributed by atoms with E-state index in [1.165, 1.54) is 25.8 Å². The van der Waals surface area contributed by atoms with Gasteiger partial charge in [0.1, 0.15) is 11.1 Å². The van der Waals surface area contributed by atoms with Crippen LogP contribution in [0.1, 0.15) is 33.3 Å². The molecule has 1 amide bonds. The lowest BCUT2D eigenvalue weighted by atomic mass is 10.0. The van der Waals surface area contributed by atoms with Crippen molar-refractivity contribution in [3.63, 3.8) is 0 Å². The first-order valence-electron chi connectivity index (χ1n) is 7.48. The van der Waals surface area contributed by atoms with Gasteiger partial charge in [-0.15, -0.1) is 0 Å². The predicted molar refractivity (Wildman–Crippen MR) is 84.8 cm³/mol. The lowest BCUT2D eigenvalue weighted by Gasteiger charge is -2.31. The van der Waals surface area contributed by atoms with E-state index < -0.39 is 17.4 Å². The number of para-hydroxylation sites is 1. The number of carbonyl (C=O) groups is 2. The molecule has 0 unspecified atom stereocenters. The largest absolute Gasteiger partial charge is 0.483 e. The summed E-state index contributed by atoms with van der Waals surface area (Å²) in [7, 11) is 1.45. The molecule has 1 aliphatic rings. The Morgan fingerprint density at radius 1 is 1.39 bits per heavy atom. The molecule has 0 fully saturated rings. The summed E-state index contributed by atoms with van der Waals surface area (Å²) < 4.78 is 11.5. The highest BCUT2D eigenvalue weighted by Crippen LogP contribution is 2.41. The van der Waals surface area contributed by atoms with Gasteiger partial charge in [-0.3, -0.25) is 4.79 Å². The number of amides is 1. The number of hydrogen-bond donors (Lipinski definition) is 1. The summed E-state index contributed by atoms with van der Waals surface area (Å²) in [5.74, 6) is -0.320. The minimum Gasteiger partial charge on any atom is -0.483 e. The smallest absolute Gasteiger partial charge is 0.329 e. The Kier molecular flexibility index (Phi) is 4.28. The van der Waals surface area contributed by atoms with Crippen LogP contribution in [0.3, 0.4) is 0 Å². The van der Waals surface area contributed by atoms with Crippen molar-refractivity contribution >= 4 is 11.9 Å². The van der Waals surface area contributed by atoms with Gasteiger partial charge in [0, 0.05) is 19.0 Å². The molecule has 6 heteroatoms. The normalized spacial score (nSPS) is 15.5. The van der Waals surface area contributed by atoms with Crippen LogP contribution in [0.25, 0.3) is 0 Å². The zero-order valence-corrected chi connectivity index (χ0v) is 14.2. The molecule has 23 heavy (non-hydrogen) atoms. The van der Waals surface area contributed by atoms with E-state index in [1.54, 1.807) is 6.07 Å². The van der Waals surface area contributed by atoms with E-state index in [1.807, 2.05) is 26.0 Å². The first-order chi connectivity index (χ1) is 10.5. The molecular formula is C17H23NO5. The topological polar surface area (TPSA) is 76.1 Å². The number of fused-ring (bicyclic) bond motifs is 1. The van der Waals surface area contributed by atoms with Gasteiger partial charge in [0.2, 0.25) is 0 Å². The summed E-state index contributed by atoms with van der Waals surface area (Å²) in [5, 5.41) is 9.18. The van der Waals surface area contributed by atoms with E-state index in [-0.39, 0.29) is 12.2 Å². The molecule has 1 N–H and O–H groups in total. The number of ether oxygens (including phenoxy) is 2. The van der Waals surface area contributed by atoms with Crippen molar-refractivity contribution in [2.24, 2.45) is 0 Å². The number of benzene rings is 1. The van der Waals surface area contributed by atoms with Crippen molar-refractivity contribution in [3.8, 4) is 11.5 Å². The van der Waals surface area contributed by atoms with Crippen LogP contribution in [0.5, 0.6) is 11.5 Å². The van der Waals surface area contributed by atoms with Gasteiger partial charge < -0.3 is 19.5 Å². The predicted octanol–water partition coefficient (Wildman–Crippen LogP) is 2.10. The second-order valence-corrected chi connectivity index (χ2v) is 6.89. The zero-order chi connectivity index (χ0) is 17.4. The van der Waals surface area contributed by atoms with Crippen molar-refractivity contribution in [2.45, 2.75) is 45.3 Å². The van der Waals surface area contributed by atoms with Gasteiger partial charge >= 0.3 is 5.97 Å². The number of aliphatic carboxylic acids is 1. The second-order valence-electron chi connectivity index (χ2n) is 6.89. The van der Waals surface area contributed by atoms with E-state index >= 15 is 0 Å². The first-order valence-corrected chi connectivity index (χ1v) is 7.48. The lowest BCUT2D eigenvalue weighted by Crippen LogP contribution is -2.52. The number of likely N-dealkylation sites (N-methyl/N-ethyl adjacent to an activating group) is 1. The Labute approximate surface area is 136 Å². The molecule has 0 saturated heterocycles. The van der Waals surface area contributed by atoms with Gasteiger partial charge in [-0.2, -0.15) is 0 Å². The molecule has 0 atom stereocenters. The van der Waals surface area contributed by atoms with Crippen LogP contribution >= 0.6 is 0 Å². The molecule has 0 spiro atoms. The van der Waals surface area contributed by atoms with Gasteiger partial charge in [-0.05, 0) is 33.8 Å². The summed E-state index contributed by atoms with van der Waals surface area (Å²) >= 11 is 0. The highest BCUT2D eigenvalue weighted by atomic mass is 16.5. The van der Waals surface area contributed by atoms with Gasteiger partial charge in [0.15, 0.2) is 18.1 Å². The maximum Gasteiger partial charge on any atom is 0.329 e. The third-order valence-electron chi connectivity index (χ3n) is 4.14. The van der Waals surface area contributed by atoms with Crippen LogP contribution in [0, 0.1) is 0 Å². The Balaban J connectivity index is 2.07. The number of carbonyl (C=O) groups excluding carboxylic acids is 1. The van der Waals surface area contributed by atoms with Crippen LogP contribution in [-0.2, 0) is 16.0 Å². The van der Waals surface area contributed by atoms with Crippen LogP contribution in [0.15, 0.2) is 18.2 Å². The molecule has 126 valence electrons. The standard InChI is InChI=1S/C17H23NO5/c1-16(2)9-11-7-6-8-12(14(11)23-16)22-10-13(19)18(5)17(3,4)15(20)21/h6-8H,9-10H2,1-5H3,(H,20,21). The molecule has 1 aromatic carbocycles. The number of hydrogen-bond acceptors (Lipinski definition) is 4. The fraction of sp³-hybridized carbons (Fsp3) is 0.529. The Morgan fingerprint density at radius 3 is 2.65 bits per heavy atom. The first kappa shape index (κ1) is 17.1. The number of carboxylic acids is 1. The molecule has 0 radical (unpaired) electrons. The van der Waals surface area contributed by atoms with Crippen molar-refractivity contribution in [1.29, 1.82) is 0 Å². The maximum atomic E-state index is 12.2. The van der Waals surface area contributed by atoms with Gasteiger partial charge in [-0.1, -0.05) is 12.1 Å². The summed E-state index contributed by atoms with van der Waals surface area (Å²) in [6.45, 7) is 6.68. The Bertz CT molecular complexity index is 636. The monoisotopic (exact) mass is 321 g/mol. The lowest BCUT2D eigenvalue weighted by molar-refractivity contribution is -0.156. The molecule has 0 aromatic heterocycles. The minimum absolute atomic E-state index is 0.243. The summed E-state index contributed by atoms with van der Waals surface area (Å²) in [4.78, 5) is 24.6. The molecule has 1 aromatic rings. The summed E-state index contributed by atoms with van der Waals surface area (Å²) in [5.41, 5.74) is -0.551. The van der Waals surface area contributed by atoms with E-state index in [0.717, 1.165) is 12.0 Å². The van der Waals surface area contributed by atoms with Crippen molar-refractivity contribution in [2.75, 3.05) is 13.7 Å². The third kappa shape index (κ3) is 3.41. The van der Waals surface area contributed by atoms with Crippen LogP contribution in [0.4, 0.5) is 0 Å². The van der Waals surface area contributed by atoms with Crippen LogP contribution < -0.4 is 9.47 Å². The summed E-state index contributed by atoms with van der Waals surface area (Å²) in [6, 6.07) is 5.57. The van der Waals surface area contributed by atoms with Gasteiger partial charge in [0.25, 0.3) is 5.91 Å². The average molecular weight is 321 g/mol. The van der Waals surface area contributed by atoms with Crippen LogP contribution in [0.2, 0.25) is 0 Å². The minimum atomic E-state index is -1.29. The van der Waals surface area contributed by atoms with Crippen LogP contribution in [-0.4, -0.2) is 46.7 Å². The summed E-state index contributed by atoms with van der Waals surface area (Å²) in [6.07, 6.45) is 0.777. The van der Waals surface area contributed by atoms with Gasteiger partial charge in [0.05, 0.1) is 0 Å². The SMILES string of the molecule is CN(C(=O)COc1cccc2c1OC(C)(C)C2)C(C)(C)C(=O)O. The van der Waals surface area contributed by atoms with E-state index in [9.17, 15) is 14.7 Å². The van der Waals surface area contributed by atoms with Gasteiger partial charge in [-0.25, -0.2) is 4.79 Å². The maximum absolute atomic E-state index is 12.2. The van der Waals surface area contributed by atoms with Crippen molar-refractivity contribution in [3.05, 3.63) is 23.8 Å². The number of nitrogens with zero attached hydrogens (tertiary/aromatic N) is 1. The Morgan fingerprint density at radius 2 is 2.04 bits per heavy atom. The molecule has 1 aliphatic heterocycles. The van der Waals surface area contributed by atoms with E-state index in [4.69, 9.17) is 9.47 Å². The average Bonchev–Trinajstić information content (AvgIpc) is 2.77. The third-order valence-corrected chi connectivity index (χ3v) is 4.14. The fourth-order valence-electron chi connectivity index (χ4n) is 2.39. The highest BCUT2D eigenvalue weighted by molar-refractivity contribution is 5.86. The van der Waals surface area contributed by atoms with E-state index in [2.05, 4.69) is 0 Å². The number of carboxylic acid groups (broad SMARTS) is 1. The Hall–Kier alpha value is -2.24. The molecule has 0 aliphatic carbocycles. The zero-order valence-electron chi connectivity index (χ0n) is 14.2. The molecule has 2 rings (SSSR count). The molecule has 1 heterocycles. The molecule has 0 bridgehead atoms. The van der Waals surface area contributed by atoms with E-state index in [0.29, 0.717) is 11.5 Å². The molecule has 6 nitrogen and oxygen atoms in total. The number of rotatable bonds is 5. The second kappa shape index (κ2) is 5.76. The quantitative estimate of drug-likeness (QED) is 0.899. The molecule has 0 saturated carbocycles. The van der Waals surface area contributed by atoms with Crippen molar-refractivity contribution in [1.82, 2.24) is 4.90 Å². The molecular weight excluding hydrogens is 298 g/mol. The highest BCUT2D eigenvalue weighted by Gasteiger charge is 2.36.